The smallest absolute Gasteiger partial charge is 0.166 e. The number of carbonyl (C=O) groups excluding carboxylic acids is 1. The molecule has 1 N–H and O–H groups in total. The topological polar surface area (TPSA) is 46.9 Å². The first kappa shape index (κ1) is 14.3. The van der Waals surface area contributed by atoms with Crippen molar-refractivity contribution in [3.63, 3.8) is 0 Å². The Hall–Kier alpha value is -1.68. The van der Waals surface area contributed by atoms with Crippen molar-refractivity contribution in [3.05, 3.63) is 29.7 Å². The Morgan fingerprint density at radius 1 is 1.48 bits per heavy atom. The van der Waals surface area contributed by atoms with Crippen molar-refractivity contribution in [1.29, 1.82) is 0 Å². The molecule has 0 atom stereocenters. The number of hydrogen-bond donors (Lipinski definition) is 1. The van der Waals surface area contributed by atoms with Gasteiger partial charge in [0.25, 0.3) is 0 Å². The number of nitrogens with one attached hydrogen (secondary N) is 1. The third-order valence-electron chi connectivity index (χ3n) is 5.21. The van der Waals surface area contributed by atoms with Gasteiger partial charge in [0, 0.05) is 24.2 Å². The highest BCUT2D eigenvalue weighted by molar-refractivity contribution is 5.89. The predicted octanol–water partition coefficient (Wildman–Crippen LogP) is 2.84. The molecule has 0 amide bonds. The van der Waals surface area contributed by atoms with Crippen molar-refractivity contribution in [3.8, 4) is 0 Å². The van der Waals surface area contributed by atoms with Gasteiger partial charge in [-0.05, 0) is 57.7 Å². The SMILES string of the molecule is CNC12CCC(C1)C2.Cc1nccc2cc(C=O)n(C)c12. The first-order valence-electron chi connectivity index (χ1n) is 7.64. The number of nitrogens with zero attached hydrogens (tertiary/aromatic N) is 2. The second kappa shape index (κ2) is 5.26. The van der Waals surface area contributed by atoms with Gasteiger partial charge < -0.3 is 9.88 Å². The molecule has 0 unspecified atom stereocenters. The molecule has 3 aliphatic rings. The maximum Gasteiger partial charge on any atom is 0.166 e. The Balaban J connectivity index is 0.000000140. The fourth-order valence-corrected chi connectivity index (χ4v) is 3.89. The lowest BCUT2D eigenvalue weighted by Gasteiger charge is -2.38. The van der Waals surface area contributed by atoms with Crippen LogP contribution in [-0.2, 0) is 7.05 Å². The molecule has 3 fully saturated rings. The lowest BCUT2D eigenvalue weighted by Crippen LogP contribution is -2.46. The zero-order chi connectivity index (χ0) is 15.0. The van der Waals surface area contributed by atoms with E-state index in [1.165, 1.54) is 25.7 Å². The fourth-order valence-electron chi connectivity index (χ4n) is 3.89. The molecule has 3 aliphatic carbocycles. The molecule has 2 heterocycles. The molecule has 0 saturated heterocycles. The highest BCUT2D eigenvalue weighted by Crippen LogP contribution is 2.51. The third-order valence-corrected chi connectivity index (χ3v) is 5.21. The summed E-state index contributed by atoms with van der Waals surface area (Å²) in [6, 6.07) is 3.78. The molecule has 2 aromatic rings. The van der Waals surface area contributed by atoms with E-state index in [1.807, 2.05) is 30.7 Å². The maximum atomic E-state index is 10.7. The summed E-state index contributed by atoms with van der Waals surface area (Å²) in [5, 5.41) is 4.47. The Morgan fingerprint density at radius 3 is 2.71 bits per heavy atom. The van der Waals surface area contributed by atoms with Gasteiger partial charge in [-0.3, -0.25) is 9.78 Å². The third kappa shape index (κ3) is 2.38. The lowest BCUT2D eigenvalue weighted by atomic mass is 9.77. The van der Waals surface area contributed by atoms with Gasteiger partial charge in [-0.25, -0.2) is 0 Å². The highest BCUT2D eigenvalue weighted by atomic mass is 16.1. The average molecular weight is 285 g/mol. The number of hydrogen-bond acceptors (Lipinski definition) is 3. The number of rotatable bonds is 2. The number of pyridine rings is 1. The molecule has 4 nitrogen and oxygen atoms in total. The fraction of sp³-hybridized carbons (Fsp3) is 0.529. The van der Waals surface area contributed by atoms with Crippen LogP contribution in [-0.4, -0.2) is 28.4 Å². The van der Waals surface area contributed by atoms with Gasteiger partial charge in [0.15, 0.2) is 6.29 Å². The molecule has 3 saturated carbocycles. The summed E-state index contributed by atoms with van der Waals surface area (Å²) >= 11 is 0. The van der Waals surface area contributed by atoms with Gasteiger partial charge in [-0.2, -0.15) is 0 Å². The zero-order valence-corrected chi connectivity index (χ0v) is 13.0. The van der Waals surface area contributed by atoms with E-state index in [4.69, 9.17) is 0 Å². The minimum absolute atomic E-state index is 0.630. The van der Waals surface area contributed by atoms with Crippen LogP contribution in [0.3, 0.4) is 0 Å². The van der Waals surface area contributed by atoms with Gasteiger partial charge in [0.05, 0.1) is 16.9 Å². The zero-order valence-electron chi connectivity index (χ0n) is 13.0. The molecular formula is C17H23N3O. The van der Waals surface area contributed by atoms with E-state index < -0.39 is 0 Å². The van der Waals surface area contributed by atoms with E-state index >= 15 is 0 Å². The van der Waals surface area contributed by atoms with Gasteiger partial charge in [0.1, 0.15) is 0 Å². The van der Waals surface area contributed by atoms with E-state index in [-0.39, 0.29) is 0 Å². The monoisotopic (exact) mass is 285 g/mol. The Bertz CT molecular complexity index is 662. The molecule has 0 aliphatic heterocycles. The summed E-state index contributed by atoms with van der Waals surface area (Å²) < 4.78 is 1.87. The molecular weight excluding hydrogens is 262 g/mol. The summed E-state index contributed by atoms with van der Waals surface area (Å²) in [6.45, 7) is 1.94. The van der Waals surface area contributed by atoms with Crippen molar-refractivity contribution in [1.82, 2.24) is 14.9 Å². The minimum atomic E-state index is 0.630. The Kier molecular flexibility index (Phi) is 3.57. The second-order valence-corrected chi connectivity index (χ2v) is 6.42. The number of aryl methyl sites for hydroxylation is 2. The quantitative estimate of drug-likeness (QED) is 0.863. The van der Waals surface area contributed by atoms with Crippen molar-refractivity contribution in [2.45, 2.75) is 38.1 Å². The van der Waals surface area contributed by atoms with Crippen LogP contribution < -0.4 is 5.32 Å². The van der Waals surface area contributed by atoms with E-state index in [0.717, 1.165) is 28.8 Å². The van der Waals surface area contributed by atoms with Crippen LogP contribution >= 0.6 is 0 Å². The molecule has 0 radical (unpaired) electrons. The van der Waals surface area contributed by atoms with Crippen molar-refractivity contribution >= 4 is 17.2 Å². The van der Waals surface area contributed by atoms with Crippen LogP contribution in [0.4, 0.5) is 0 Å². The molecule has 4 heteroatoms. The van der Waals surface area contributed by atoms with Gasteiger partial charge >= 0.3 is 0 Å². The van der Waals surface area contributed by atoms with Gasteiger partial charge in [-0.1, -0.05) is 0 Å². The van der Waals surface area contributed by atoms with Crippen molar-refractivity contribution < 1.29 is 4.79 Å². The first-order valence-corrected chi connectivity index (χ1v) is 7.64. The number of aromatic nitrogens is 2. The average Bonchev–Trinajstić information content (AvgIpc) is 3.12. The van der Waals surface area contributed by atoms with Crippen LogP contribution in [0, 0.1) is 12.8 Å². The summed E-state index contributed by atoms with van der Waals surface area (Å²) in [4.78, 5) is 14.8. The minimum Gasteiger partial charge on any atom is -0.340 e. The van der Waals surface area contributed by atoms with Crippen molar-refractivity contribution in [2.75, 3.05) is 7.05 Å². The predicted molar refractivity (Wildman–Crippen MR) is 84.6 cm³/mol. The van der Waals surface area contributed by atoms with Crippen LogP contribution in [0.2, 0.25) is 0 Å². The number of fused-ring (bicyclic) bond motifs is 2. The van der Waals surface area contributed by atoms with E-state index in [1.54, 1.807) is 6.20 Å². The van der Waals surface area contributed by atoms with Crippen LogP contribution in [0.5, 0.6) is 0 Å². The molecule has 2 bridgehead atoms. The second-order valence-electron chi connectivity index (χ2n) is 6.42. The normalized spacial score (nSPS) is 26.1. The summed E-state index contributed by atoms with van der Waals surface area (Å²) in [5.41, 5.74) is 3.30. The number of aldehydes is 1. The number of carbonyl (C=O) groups is 1. The Labute approximate surface area is 125 Å². The summed E-state index contributed by atoms with van der Waals surface area (Å²) in [5.74, 6) is 1.10. The molecule has 112 valence electrons. The summed E-state index contributed by atoms with van der Waals surface area (Å²) in [7, 11) is 3.97. The molecule has 21 heavy (non-hydrogen) atoms. The van der Waals surface area contributed by atoms with Crippen LogP contribution in [0.25, 0.3) is 10.9 Å². The van der Waals surface area contributed by atoms with Crippen LogP contribution in [0.1, 0.15) is 41.9 Å². The molecule has 0 spiro atoms. The Morgan fingerprint density at radius 2 is 2.24 bits per heavy atom. The van der Waals surface area contributed by atoms with E-state index in [0.29, 0.717) is 11.2 Å². The van der Waals surface area contributed by atoms with Gasteiger partial charge in [0.2, 0.25) is 0 Å². The van der Waals surface area contributed by atoms with E-state index in [9.17, 15) is 4.79 Å². The van der Waals surface area contributed by atoms with Crippen LogP contribution in [0.15, 0.2) is 18.3 Å². The van der Waals surface area contributed by atoms with E-state index in [2.05, 4.69) is 17.3 Å². The van der Waals surface area contributed by atoms with Gasteiger partial charge in [-0.15, -0.1) is 0 Å². The summed E-state index contributed by atoms with van der Waals surface area (Å²) in [6.07, 6.45) is 8.47. The molecule has 2 aromatic heterocycles. The van der Waals surface area contributed by atoms with Crippen molar-refractivity contribution in [2.24, 2.45) is 13.0 Å². The molecule has 0 aromatic carbocycles. The molecule has 5 rings (SSSR count). The lowest BCUT2D eigenvalue weighted by molar-refractivity contribution is 0.111. The highest BCUT2D eigenvalue weighted by Gasteiger charge is 2.48. The maximum absolute atomic E-state index is 10.7. The first-order chi connectivity index (χ1) is 10.1. The largest absolute Gasteiger partial charge is 0.340 e. The standard InChI is InChI=1S/C10H10N2O.C7H13N/c1-7-10-8(3-4-11-7)5-9(6-13)12(10)2;1-8-7-3-2-6(4-7)5-7/h3-6H,1-2H3;6,8H,2-5H2,1H3.